The molecule has 1 N–H and O–H groups in total. The van der Waals surface area contributed by atoms with Crippen LogP contribution in [0.2, 0.25) is 0 Å². The number of aromatic nitrogens is 3. The van der Waals surface area contributed by atoms with Crippen LogP contribution in [0.25, 0.3) is 11.4 Å². The standard InChI is InChI=1S/C16H13BrN4S/c1-11-5-4-7-12(9-11)15-19-20-16(22)21(15)18-10-13-6-2-3-8-14(13)17/h2-10H,1H3,(H,20,22)/b18-10+. The van der Waals surface area contributed by atoms with Gasteiger partial charge in [0.25, 0.3) is 0 Å². The monoisotopic (exact) mass is 372 g/mol. The Morgan fingerprint density at radius 3 is 2.82 bits per heavy atom. The summed E-state index contributed by atoms with van der Waals surface area (Å²) in [7, 11) is 0. The van der Waals surface area contributed by atoms with Crippen molar-refractivity contribution in [2.75, 3.05) is 0 Å². The van der Waals surface area contributed by atoms with E-state index >= 15 is 0 Å². The van der Waals surface area contributed by atoms with Crippen molar-refractivity contribution in [3.8, 4) is 11.4 Å². The molecule has 4 nitrogen and oxygen atoms in total. The SMILES string of the molecule is Cc1cccc(-c2n[nH]c(=S)n2/N=C/c2ccccc2Br)c1. The molecule has 0 spiro atoms. The highest BCUT2D eigenvalue weighted by molar-refractivity contribution is 9.10. The molecule has 0 saturated heterocycles. The molecule has 3 rings (SSSR count). The Morgan fingerprint density at radius 1 is 1.23 bits per heavy atom. The molecule has 6 heteroatoms. The summed E-state index contributed by atoms with van der Waals surface area (Å²) >= 11 is 8.78. The van der Waals surface area contributed by atoms with Crippen molar-refractivity contribution < 1.29 is 0 Å². The Hall–Kier alpha value is -2.05. The lowest BCUT2D eigenvalue weighted by Gasteiger charge is -2.02. The highest BCUT2D eigenvalue weighted by Gasteiger charge is 2.08. The lowest BCUT2D eigenvalue weighted by Crippen LogP contribution is -1.95. The van der Waals surface area contributed by atoms with Crippen LogP contribution in [0.1, 0.15) is 11.1 Å². The van der Waals surface area contributed by atoms with E-state index < -0.39 is 0 Å². The first-order valence-corrected chi connectivity index (χ1v) is 7.88. The summed E-state index contributed by atoms with van der Waals surface area (Å²) in [6.45, 7) is 2.04. The highest BCUT2D eigenvalue weighted by Crippen LogP contribution is 2.19. The minimum absolute atomic E-state index is 0.458. The molecule has 0 saturated carbocycles. The second kappa shape index (κ2) is 6.37. The van der Waals surface area contributed by atoms with E-state index in [1.165, 1.54) is 0 Å². The van der Waals surface area contributed by atoms with Crippen LogP contribution in [-0.2, 0) is 0 Å². The van der Waals surface area contributed by atoms with Crippen molar-refractivity contribution in [2.45, 2.75) is 6.92 Å². The molecule has 0 aliphatic heterocycles. The van der Waals surface area contributed by atoms with Gasteiger partial charge in [-0.2, -0.15) is 14.9 Å². The third-order valence-corrected chi connectivity index (χ3v) is 4.13. The van der Waals surface area contributed by atoms with Crippen LogP contribution < -0.4 is 0 Å². The van der Waals surface area contributed by atoms with Gasteiger partial charge in [-0.25, -0.2) is 5.10 Å². The maximum absolute atomic E-state index is 5.27. The number of benzene rings is 2. The third kappa shape index (κ3) is 3.08. The summed E-state index contributed by atoms with van der Waals surface area (Å²) in [6, 6.07) is 15.9. The predicted octanol–water partition coefficient (Wildman–Crippen LogP) is 4.56. The van der Waals surface area contributed by atoms with Crippen LogP contribution in [0, 0.1) is 11.7 Å². The van der Waals surface area contributed by atoms with Gasteiger partial charge in [0.15, 0.2) is 5.82 Å². The van der Waals surface area contributed by atoms with Crippen molar-refractivity contribution in [1.82, 2.24) is 14.9 Å². The lowest BCUT2D eigenvalue weighted by atomic mass is 10.1. The highest BCUT2D eigenvalue weighted by atomic mass is 79.9. The summed E-state index contributed by atoms with van der Waals surface area (Å²) in [5, 5.41) is 11.5. The number of rotatable bonds is 3. The minimum Gasteiger partial charge on any atom is -0.250 e. The smallest absolute Gasteiger partial charge is 0.216 e. The van der Waals surface area contributed by atoms with Crippen LogP contribution in [-0.4, -0.2) is 21.1 Å². The average molecular weight is 373 g/mol. The Bertz CT molecular complexity index is 895. The topological polar surface area (TPSA) is 46.0 Å². The minimum atomic E-state index is 0.458. The van der Waals surface area contributed by atoms with Gasteiger partial charge in [-0.1, -0.05) is 57.9 Å². The van der Waals surface area contributed by atoms with E-state index in [4.69, 9.17) is 12.2 Å². The number of H-pyrrole nitrogens is 1. The van der Waals surface area contributed by atoms with Crippen molar-refractivity contribution >= 4 is 34.4 Å². The Balaban J connectivity index is 2.04. The maximum Gasteiger partial charge on any atom is 0.216 e. The van der Waals surface area contributed by atoms with E-state index in [1.54, 1.807) is 10.9 Å². The summed E-state index contributed by atoms with van der Waals surface area (Å²) < 4.78 is 3.06. The fourth-order valence-electron chi connectivity index (χ4n) is 2.07. The van der Waals surface area contributed by atoms with Gasteiger partial charge in [-0.15, -0.1) is 0 Å². The van der Waals surface area contributed by atoms with Crippen molar-refractivity contribution in [3.05, 3.63) is 68.9 Å². The third-order valence-electron chi connectivity index (χ3n) is 3.14. The van der Waals surface area contributed by atoms with Gasteiger partial charge in [-0.05, 0) is 31.3 Å². The summed E-state index contributed by atoms with van der Waals surface area (Å²) in [4.78, 5) is 0. The van der Waals surface area contributed by atoms with E-state index in [9.17, 15) is 0 Å². The molecule has 1 heterocycles. The number of nitrogens with zero attached hydrogens (tertiary/aromatic N) is 3. The molecular formula is C16H13BrN4S. The molecule has 0 aliphatic rings. The van der Waals surface area contributed by atoms with E-state index in [-0.39, 0.29) is 0 Å². The average Bonchev–Trinajstić information content (AvgIpc) is 2.87. The molecule has 3 aromatic rings. The van der Waals surface area contributed by atoms with E-state index in [0.717, 1.165) is 21.2 Å². The molecule has 0 aliphatic carbocycles. The van der Waals surface area contributed by atoms with Crippen LogP contribution >= 0.6 is 28.1 Å². The number of hydrogen-bond acceptors (Lipinski definition) is 3. The fraction of sp³-hybridized carbons (Fsp3) is 0.0625. The summed E-state index contributed by atoms with van der Waals surface area (Å²) in [5.74, 6) is 0.692. The van der Waals surface area contributed by atoms with Crippen LogP contribution in [0.5, 0.6) is 0 Å². The molecule has 0 unspecified atom stereocenters. The zero-order valence-corrected chi connectivity index (χ0v) is 14.2. The van der Waals surface area contributed by atoms with Gasteiger partial charge >= 0.3 is 0 Å². The quantitative estimate of drug-likeness (QED) is 0.540. The van der Waals surface area contributed by atoms with Crippen molar-refractivity contribution in [2.24, 2.45) is 5.10 Å². The fourth-order valence-corrected chi connectivity index (χ4v) is 2.64. The first kappa shape index (κ1) is 14.9. The number of halogens is 1. The second-order valence-electron chi connectivity index (χ2n) is 4.80. The number of nitrogens with one attached hydrogen (secondary N) is 1. The van der Waals surface area contributed by atoms with Gasteiger partial charge in [0.05, 0.1) is 6.21 Å². The first-order valence-electron chi connectivity index (χ1n) is 6.68. The molecule has 0 amide bonds. The second-order valence-corrected chi connectivity index (χ2v) is 6.04. The molecular weight excluding hydrogens is 360 g/mol. The number of aromatic amines is 1. The molecule has 1 aromatic heterocycles. The number of aryl methyl sites for hydroxylation is 1. The summed E-state index contributed by atoms with van der Waals surface area (Å²) in [5.41, 5.74) is 3.10. The molecule has 22 heavy (non-hydrogen) atoms. The van der Waals surface area contributed by atoms with Crippen LogP contribution in [0.4, 0.5) is 0 Å². The zero-order chi connectivity index (χ0) is 15.5. The predicted molar refractivity (Wildman–Crippen MR) is 94.7 cm³/mol. The first-order chi connectivity index (χ1) is 10.6. The van der Waals surface area contributed by atoms with Crippen molar-refractivity contribution in [3.63, 3.8) is 0 Å². The van der Waals surface area contributed by atoms with Gasteiger partial charge < -0.3 is 0 Å². The molecule has 0 bridgehead atoms. The van der Waals surface area contributed by atoms with Gasteiger partial charge in [-0.3, -0.25) is 0 Å². The van der Waals surface area contributed by atoms with Crippen LogP contribution in [0.15, 0.2) is 58.1 Å². The lowest BCUT2D eigenvalue weighted by molar-refractivity contribution is 0.871. The number of hydrogen-bond donors (Lipinski definition) is 1. The van der Waals surface area contributed by atoms with Gasteiger partial charge in [0.2, 0.25) is 4.77 Å². The Morgan fingerprint density at radius 2 is 2.05 bits per heavy atom. The molecule has 2 aromatic carbocycles. The van der Waals surface area contributed by atoms with Crippen LogP contribution in [0.3, 0.4) is 0 Å². The molecule has 0 radical (unpaired) electrons. The normalized spacial score (nSPS) is 11.2. The van der Waals surface area contributed by atoms with Gasteiger partial charge in [0, 0.05) is 15.6 Å². The van der Waals surface area contributed by atoms with E-state index in [0.29, 0.717) is 10.6 Å². The molecule has 110 valence electrons. The maximum atomic E-state index is 5.27. The largest absolute Gasteiger partial charge is 0.250 e. The summed E-state index contributed by atoms with van der Waals surface area (Å²) in [6.07, 6.45) is 1.76. The van der Waals surface area contributed by atoms with E-state index in [1.807, 2.05) is 49.4 Å². The molecule has 0 atom stereocenters. The van der Waals surface area contributed by atoms with Gasteiger partial charge in [0.1, 0.15) is 0 Å². The zero-order valence-electron chi connectivity index (χ0n) is 11.8. The van der Waals surface area contributed by atoms with Crippen molar-refractivity contribution in [1.29, 1.82) is 0 Å². The van der Waals surface area contributed by atoms with E-state index in [2.05, 4.69) is 37.3 Å². The molecule has 0 fully saturated rings. The Kier molecular flexibility index (Phi) is 4.31. The Labute approximate surface area is 141 Å².